The normalized spacial score (nSPS) is 21.2. The summed E-state index contributed by atoms with van der Waals surface area (Å²) in [5, 5.41) is 0. The Bertz CT molecular complexity index is 303. The molecule has 0 spiro atoms. The average Bonchev–Trinajstić information content (AvgIpc) is 2.75. The zero-order chi connectivity index (χ0) is 12.7. The van der Waals surface area contributed by atoms with Crippen LogP contribution in [0.25, 0.3) is 0 Å². The molecule has 102 valence electrons. The van der Waals surface area contributed by atoms with Gasteiger partial charge in [-0.3, -0.25) is 0 Å². The molecule has 0 aliphatic carbocycles. The number of sulfonamides is 1. The molecular formula is C10H20ClNO4S. The van der Waals surface area contributed by atoms with E-state index in [-0.39, 0.29) is 17.7 Å². The van der Waals surface area contributed by atoms with Crippen molar-refractivity contribution in [3.8, 4) is 0 Å². The van der Waals surface area contributed by atoms with E-state index < -0.39 is 10.0 Å². The van der Waals surface area contributed by atoms with E-state index >= 15 is 0 Å². The Morgan fingerprint density at radius 3 is 2.76 bits per heavy atom. The molecule has 1 saturated heterocycles. The van der Waals surface area contributed by atoms with Crippen LogP contribution < -0.4 is 0 Å². The van der Waals surface area contributed by atoms with Gasteiger partial charge < -0.3 is 9.47 Å². The van der Waals surface area contributed by atoms with E-state index in [2.05, 4.69) is 0 Å². The number of methoxy groups -OCH3 is 1. The maximum Gasteiger partial charge on any atom is 0.216 e. The van der Waals surface area contributed by atoms with E-state index in [9.17, 15) is 8.42 Å². The number of alkyl halides is 1. The van der Waals surface area contributed by atoms with Crippen molar-refractivity contribution in [3.05, 3.63) is 0 Å². The van der Waals surface area contributed by atoms with Crippen LogP contribution in [0.4, 0.5) is 0 Å². The first-order valence-electron chi connectivity index (χ1n) is 5.74. The fourth-order valence-corrected chi connectivity index (χ4v) is 3.76. The van der Waals surface area contributed by atoms with Gasteiger partial charge in [0.25, 0.3) is 0 Å². The van der Waals surface area contributed by atoms with E-state index in [1.165, 1.54) is 4.31 Å². The van der Waals surface area contributed by atoms with Crippen molar-refractivity contribution in [1.82, 2.24) is 4.31 Å². The number of halogens is 1. The van der Waals surface area contributed by atoms with Crippen molar-refractivity contribution < 1.29 is 17.9 Å². The lowest BCUT2D eigenvalue weighted by Gasteiger charge is -2.22. The van der Waals surface area contributed by atoms with Gasteiger partial charge >= 0.3 is 0 Å². The molecule has 0 aromatic heterocycles. The first kappa shape index (κ1) is 15.2. The van der Waals surface area contributed by atoms with Crippen molar-refractivity contribution in [2.75, 3.05) is 45.0 Å². The highest BCUT2D eigenvalue weighted by atomic mass is 35.5. The van der Waals surface area contributed by atoms with Gasteiger partial charge in [-0.15, -0.1) is 11.6 Å². The highest BCUT2D eigenvalue weighted by molar-refractivity contribution is 7.89. The van der Waals surface area contributed by atoms with Crippen molar-refractivity contribution in [2.45, 2.75) is 18.9 Å². The first-order valence-corrected chi connectivity index (χ1v) is 7.89. The molecule has 17 heavy (non-hydrogen) atoms. The summed E-state index contributed by atoms with van der Waals surface area (Å²) in [5.41, 5.74) is 0. The third-order valence-corrected chi connectivity index (χ3v) is 4.81. The Morgan fingerprint density at radius 2 is 2.24 bits per heavy atom. The van der Waals surface area contributed by atoms with Crippen LogP contribution in [-0.2, 0) is 19.5 Å². The van der Waals surface area contributed by atoms with Gasteiger partial charge in [-0.25, -0.2) is 8.42 Å². The van der Waals surface area contributed by atoms with Gasteiger partial charge in [-0.05, 0) is 12.8 Å². The second kappa shape index (κ2) is 7.53. The van der Waals surface area contributed by atoms with E-state index in [0.29, 0.717) is 26.3 Å². The summed E-state index contributed by atoms with van der Waals surface area (Å²) in [6.07, 6.45) is 1.59. The van der Waals surface area contributed by atoms with Crippen LogP contribution in [0.3, 0.4) is 0 Å². The molecule has 5 nitrogen and oxygen atoms in total. The van der Waals surface area contributed by atoms with Gasteiger partial charge in [0, 0.05) is 32.7 Å². The van der Waals surface area contributed by atoms with Crippen LogP contribution in [0.5, 0.6) is 0 Å². The highest BCUT2D eigenvalue weighted by Gasteiger charge is 2.28. The highest BCUT2D eigenvalue weighted by Crippen LogP contribution is 2.16. The summed E-state index contributed by atoms with van der Waals surface area (Å²) in [4.78, 5) is 0. The van der Waals surface area contributed by atoms with E-state index in [4.69, 9.17) is 21.1 Å². The van der Waals surface area contributed by atoms with Gasteiger partial charge in [-0.1, -0.05) is 0 Å². The van der Waals surface area contributed by atoms with E-state index in [1.54, 1.807) is 7.11 Å². The standard InChI is InChI=1S/C10H20ClNO4S/c1-15-8-6-12(5-4-11)17(13,14)9-10-3-2-7-16-10/h10H,2-9H2,1H3. The predicted molar refractivity (Wildman–Crippen MR) is 66.9 cm³/mol. The molecule has 0 aromatic rings. The number of ether oxygens (including phenoxy) is 2. The number of hydrogen-bond donors (Lipinski definition) is 0. The molecule has 1 aliphatic heterocycles. The molecule has 0 saturated carbocycles. The zero-order valence-corrected chi connectivity index (χ0v) is 11.7. The Morgan fingerprint density at radius 1 is 1.47 bits per heavy atom. The average molecular weight is 286 g/mol. The molecule has 0 radical (unpaired) electrons. The van der Waals surface area contributed by atoms with Crippen molar-refractivity contribution in [3.63, 3.8) is 0 Å². The fourth-order valence-electron chi connectivity index (χ4n) is 1.79. The molecule has 1 fully saturated rings. The Kier molecular flexibility index (Phi) is 6.72. The molecule has 1 rings (SSSR count). The minimum atomic E-state index is -3.30. The summed E-state index contributed by atoms with van der Waals surface area (Å²) >= 11 is 5.62. The summed E-state index contributed by atoms with van der Waals surface area (Å²) in [6.45, 7) is 1.70. The predicted octanol–water partition coefficient (Wildman–Crippen LogP) is 0.682. The molecule has 0 amide bonds. The molecule has 0 bridgehead atoms. The Labute approximate surface area is 108 Å². The number of nitrogens with zero attached hydrogens (tertiary/aromatic N) is 1. The number of hydrogen-bond acceptors (Lipinski definition) is 4. The van der Waals surface area contributed by atoms with Crippen LogP contribution in [0, 0.1) is 0 Å². The lowest BCUT2D eigenvalue weighted by molar-refractivity contribution is 0.125. The Hall–Kier alpha value is 0.120. The summed E-state index contributed by atoms with van der Waals surface area (Å²) in [5.74, 6) is 0.335. The van der Waals surface area contributed by atoms with Crippen LogP contribution in [0.15, 0.2) is 0 Å². The van der Waals surface area contributed by atoms with Gasteiger partial charge in [0.15, 0.2) is 0 Å². The van der Waals surface area contributed by atoms with Gasteiger partial charge in [-0.2, -0.15) is 4.31 Å². The molecular weight excluding hydrogens is 266 g/mol. The smallest absolute Gasteiger partial charge is 0.216 e. The zero-order valence-electron chi connectivity index (χ0n) is 10.1. The van der Waals surface area contributed by atoms with Crippen LogP contribution in [-0.4, -0.2) is 63.9 Å². The maximum atomic E-state index is 12.1. The van der Waals surface area contributed by atoms with Crippen molar-refractivity contribution in [2.24, 2.45) is 0 Å². The second-order valence-corrected chi connectivity index (χ2v) is 6.39. The van der Waals surface area contributed by atoms with E-state index in [0.717, 1.165) is 12.8 Å². The summed E-state index contributed by atoms with van der Waals surface area (Å²) in [7, 11) is -1.75. The van der Waals surface area contributed by atoms with Crippen LogP contribution in [0.2, 0.25) is 0 Å². The minimum absolute atomic E-state index is 0.0492. The topological polar surface area (TPSA) is 55.8 Å². The molecule has 1 unspecified atom stereocenters. The first-order chi connectivity index (χ1) is 8.10. The van der Waals surface area contributed by atoms with Crippen molar-refractivity contribution >= 4 is 21.6 Å². The fraction of sp³-hybridized carbons (Fsp3) is 1.00. The molecule has 1 aliphatic rings. The Balaban J connectivity index is 2.55. The quantitative estimate of drug-likeness (QED) is 0.616. The van der Waals surface area contributed by atoms with Gasteiger partial charge in [0.1, 0.15) is 0 Å². The van der Waals surface area contributed by atoms with Gasteiger partial charge in [0.05, 0.1) is 18.5 Å². The molecule has 1 heterocycles. The monoisotopic (exact) mass is 285 g/mol. The summed E-state index contributed by atoms with van der Waals surface area (Å²) in [6, 6.07) is 0. The third kappa shape index (κ3) is 5.09. The SMILES string of the molecule is COCCN(CCCl)S(=O)(=O)CC1CCCO1. The lowest BCUT2D eigenvalue weighted by atomic mass is 10.3. The lowest BCUT2D eigenvalue weighted by Crippen LogP contribution is -2.39. The van der Waals surface area contributed by atoms with Crippen LogP contribution >= 0.6 is 11.6 Å². The molecule has 1 atom stereocenters. The minimum Gasteiger partial charge on any atom is -0.383 e. The number of rotatable bonds is 8. The molecule has 7 heteroatoms. The van der Waals surface area contributed by atoms with E-state index in [1.807, 2.05) is 0 Å². The summed E-state index contributed by atoms with van der Waals surface area (Å²) < 4.78 is 35.9. The van der Waals surface area contributed by atoms with Crippen LogP contribution in [0.1, 0.15) is 12.8 Å². The second-order valence-electron chi connectivity index (χ2n) is 3.99. The largest absolute Gasteiger partial charge is 0.383 e. The molecule has 0 N–H and O–H groups in total. The van der Waals surface area contributed by atoms with Gasteiger partial charge in [0.2, 0.25) is 10.0 Å². The third-order valence-electron chi connectivity index (χ3n) is 2.69. The maximum absolute atomic E-state index is 12.1. The molecule has 0 aromatic carbocycles. The van der Waals surface area contributed by atoms with Crippen molar-refractivity contribution in [1.29, 1.82) is 0 Å².